The standard InChI is InChI=1S/C39H51N5O5/c1-38(2,3)42-37(47)32-25-43(23-27-14-11-17-40-22-27)18-19-44(32)24-29(45)21-28(20-26-12-7-6-8-13-26)36(46)41-33-30-15-9-10-16-31(30)34-35(33)49-39(4,5)48-34/h6-17,22,28-29,32-35,45H,18-21,23-25H2,1-5H3,(H,41,46)(H,42,47)/t28-,29-,32-,33+,34-,35+/m0/s1. The van der Waals surface area contributed by atoms with Crippen molar-refractivity contribution in [3.05, 3.63) is 101 Å². The molecule has 2 aromatic carbocycles. The number of piperazine rings is 1. The maximum Gasteiger partial charge on any atom is 0.239 e. The van der Waals surface area contributed by atoms with Gasteiger partial charge in [0, 0.05) is 56.6 Å². The van der Waals surface area contributed by atoms with Crippen LogP contribution in [0.3, 0.4) is 0 Å². The lowest BCUT2D eigenvalue weighted by molar-refractivity contribution is -0.152. The predicted octanol–water partition coefficient (Wildman–Crippen LogP) is 4.16. The van der Waals surface area contributed by atoms with Crippen molar-refractivity contribution in [1.82, 2.24) is 25.4 Å². The lowest BCUT2D eigenvalue weighted by atomic mass is 9.91. The SMILES string of the molecule is CC(C)(C)NC(=O)[C@@H]1CN(Cc2cccnc2)CCN1C[C@@H](O)C[C@H](Cc1ccccc1)C(=O)N[C@@H]1c2ccccc2[C@@H]2OC(C)(C)O[C@H]12. The van der Waals surface area contributed by atoms with Gasteiger partial charge < -0.3 is 25.2 Å². The van der Waals surface area contributed by atoms with E-state index < -0.39 is 29.4 Å². The highest BCUT2D eigenvalue weighted by molar-refractivity contribution is 5.83. The molecule has 3 aliphatic rings. The molecular formula is C39H51N5O5. The van der Waals surface area contributed by atoms with E-state index in [1.807, 2.05) is 108 Å². The van der Waals surface area contributed by atoms with Crippen molar-refractivity contribution >= 4 is 11.8 Å². The van der Waals surface area contributed by atoms with Crippen LogP contribution >= 0.6 is 0 Å². The van der Waals surface area contributed by atoms with Gasteiger partial charge in [0.05, 0.1) is 12.1 Å². The third-order valence-corrected chi connectivity index (χ3v) is 9.60. The quantitative estimate of drug-likeness (QED) is 0.279. The van der Waals surface area contributed by atoms with Crippen LogP contribution in [0.1, 0.15) is 75.4 Å². The molecule has 262 valence electrons. The molecule has 49 heavy (non-hydrogen) atoms. The van der Waals surface area contributed by atoms with E-state index >= 15 is 0 Å². The number of ether oxygens (including phenoxy) is 2. The summed E-state index contributed by atoms with van der Waals surface area (Å²) in [5.74, 6) is -1.47. The fourth-order valence-electron chi connectivity index (χ4n) is 7.48. The number of aromatic nitrogens is 1. The Bertz CT molecular complexity index is 1580. The van der Waals surface area contributed by atoms with E-state index in [0.717, 1.165) is 28.8 Å². The van der Waals surface area contributed by atoms with Gasteiger partial charge >= 0.3 is 0 Å². The Balaban J connectivity index is 1.17. The van der Waals surface area contributed by atoms with Crippen LogP contribution in [0.25, 0.3) is 0 Å². The van der Waals surface area contributed by atoms with Gasteiger partial charge in [-0.15, -0.1) is 0 Å². The number of carbonyl (C=O) groups is 2. The van der Waals surface area contributed by atoms with Gasteiger partial charge in [-0.1, -0.05) is 60.7 Å². The van der Waals surface area contributed by atoms with Crippen molar-refractivity contribution in [3.8, 4) is 0 Å². The number of nitrogens with one attached hydrogen (secondary N) is 2. The van der Waals surface area contributed by atoms with Gasteiger partial charge in [-0.05, 0) is 75.8 Å². The first kappa shape index (κ1) is 35.2. The third kappa shape index (κ3) is 8.74. The Morgan fingerprint density at radius 2 is 1.69 bits per heavy atom. The molecule has 3 aromatic rings. The fraction of sp³-hybridized carbons (Fsp3) is 0.513. The van der Waals surface area contributed by atoms with Crippen molar-refractivity contribution < 1.29 is 24.2 Å². The second-order valence-corrected chi connectivity index (χ2v) is 15.3. The summed E-state index contributed by atoms with van der Waals surface area (Å²) in [5.41, 5.74) is 3.75. The monoisotopic (exact) mass is 669 g/mol. The Morgan fingerprint density at radius 3 is 2.41 bits per heavy atom. The normalized spacial score (nSPS) is 24.9. The molecule has 10 nitrogen and oxygen atoms in total. The van der Waals surface area contributed by atoms with Gasteiger partial charge in [0.15, 0.2) is 5.79 Å². The number of fused-ring (bicyclic) bond motifs is 3. The molecular weight excluding hydrogens is 618 g/mol. The zero-order chi connectivity index (χ0) is 34.8. The highest BCUT2D eigenvalue weighted by Gasteiger charge is 2.52. The van der Waals surface area contributed by atoms with Crippen LogP contribution in [-0.2, 0) is 32.0 Å². The van der Waals surface area contributed by atoms with E-state index in [0.29, 0.717) is 26.1 Å². The zero-order valence-electron chi connectivity index (χ0n) is 29.3. The summed E-state index contributed by atoms with van der Waals surface area (Å²) in [4.78, 5) is 36.5. The molecule has 2 amide bonds. The topological polar surface area (TPSA) is 116 Å². The molecule has 6 rings (SSSR count). The van der Waals surface area contributed by atoms with E-state index in [-0.39, 0.29) is 43.0 Å². The zero-order valence-corrected chi connectivity index (χ0v) is 29.3. The summed E-state index contributed by atoms with van der Waals surface area (Å²) in [6, 6.07) is 21.1. The first-order valence-corrected chi connectivity index (χ1v) is 17.5. The number of aliphatic hydroxyl groups excluding tert-OH is 1. The number of hydrogen-bond acceptors (Lipinski definition) is 8. The van der Waals surface area contributed by atoms with E-state index in [4.69, 9.17) is 9.47 Å². The molecule has 3 N–H and O–H groups in total. The Labute approximate surface area is 290 Å². The highest BCUT2D eigenvalue weighted by Crippen LogP contribution is 2.50. The van der Waals surface area contributed by atoms with Crippen LogP contribution in [0, 0.1) is 5.92 Å². The van der Waals surface area contributed by atoms with Gasteiger partial charge in [0.2, 0.25) is 11.8 Å². The summed E-state index contributed by atoms with van der Waals surface area (Å²) in [6.45, 7) is 12.6. The third-order valence-electron chi connectivity index (χ3n) is 9.60. The van der Waals surface area contributed by atoms with Crippen molar-refractivity contribution in [3.63, 3.8) is 0 Å². The second kappa shape index (κ2) is 14.7. The molecule has 0 saturated carbocycles. The Morgan fingerprint density at radius 1 is 0.980 bits per heavy atom. The summed E-state index contributed by atoms with van der Waals surface area (Å²) < 4.78 is 12.6. The molecule has 1 aliphatic carbocycles. The summed E-state index contributed by atoms with van der Waals surface area (Å²) in [5, 5.41) is 18.1. The molecule has 6 atom stereocenters. The van der Waals surface area contributed by atoms with Crippen LogP contribution in [0.4, 0.5) is 0 Å². The smallest absolute Gasteiger partial charge is 0.239 e. The minimum absolute atomic E-state index is 0.0645. The molecule has 0 bridgehead atoms. The number of carbonyl (C=O) groups excluding carboxylic acids is 2. The largest absolute Gasteiger partial charge is 0.392 e. The number of pyridine rings is 1. The van der Waals surface area contributed by atoms with Gasteiger partial charge in [0.25, 0.3) is 0 Å². The van der Waals surface area contributed by atoms with E-state index in [1.54, 1.807) is 6.20 Å². The maximum absolute atomic E-state index is 14.2. The average Bonchev–Trinajstić information content (AvgIpc) is 3.52. The van der Waals surface area contributed by atoms with Gasteiger partial charge in [0.1, 0.15) is 18.2 Å². The van der Waals surface area contributed by atoms with E-state index in [2.05, 4.69) is 25.4 Å². The summed E-state index contributed by atoms with van der Waals surface area (Å²) >= 11 is 0. The molecule has 1 aromatic heterocycles. The lowest BCUT2D eigenvalue weighted by Crippen LogP contribution is -2.61. The molecule has 2 aliphatic heterocycles. The first-order valence-electron chi connectivity index (χ1n) is 17.5. The molecule has 0 spiro atoms. The molecule has 0 unspecified atom stereocenters. The van der Waals surface area contributed by atoms with Crippen LogP contribution in [0.15, 0.2) is 79.1 Å². The van der Waals surface area contributed by atoms with Crippen molar-refractivity contribution in [2.24, 2.45) is 5.92 Å². The first-order chi connectivity index (χ1) is 23.3. The summed E-state index contributed by atoms with van der Waals surface area (Å²) in [7, 11) is 0. The second-order valence-electron chi connectivity index (χ2n) is 15.3. The molecule has 10 heteroatoms. The van der Waals surface area contributed by atoms with Crippen LogP contribution in [-0.4, -0.2) is 87.5 Å². The maximum atomic E-state index is 14.2. The minimum atomic E-state index is -0.831. The van der Waals surface area contributed by atoms with E-state index in [1.165, 1.54) is 0 Å². The lowest BCUT2D eigenvalue weighted by Gasteiger charge is -2.42. The van der Waals surface area contributed by atoms with Crippen LogP contribution in [0.5, 0.6) is 0 Å². The molecule has 2 saturated heterocycles. The molecule has 3 heterocycles. The Kier molecular flexibility index (Phi) is 10.5. The van der Waals surface area contributed by atoms with Gasteiger partial charge in [-0.25, -0.2) is 0 Å². The van der Waals surface area contributed by atoms with E-state index in [9.17, 15) is 14.7 Å². The number of rotatable bonds is 11. The minimum Gasteiger partial charge on any atom is -0.392 e. The van der Waals surface area contributed by atoms with Crippen molar-refractivity contribution in [2.75, 3.05) is 26.2 Å². The summed E-state index contributed by atoms with van der Waals surface area (Å²) in [6.07, 6.45) is 2.90. The van der Waals surface area contributed by atoms with Crippen LogP contribution < -0.4 is 10.6 Å². The highest BCUT2D eigenvalue weighted by atomic mass is 16.8. The molecule has 2 fully saturated rings. The number of benzene rings is 2. The number of hydrogen-bond donors (Lipinski definition) is 3. The Hall–Kier alpha value is -3.67. The van der Waals surface area contributed by atoms with Gasteiger partial charge in [-0.2, -0.15) is 0 Å². The number of β-amino-alcohol motifs (C(OH)–C–C–N with tert-alkyl or cyclic N) is 1. The number of nitrogens with zero attached hydrogens (tertiary/aromatic N) is 3. The van der Waals surface area contributed by atoms with Gasteiger partial charge in [-0.3, -0.25) is 24.4 Å². The van der Waals surface area contributed by atoms with Crippen molar-refractivity contribution in [2.45, 2.75) is 95.7 Å². The number of amides is 2. The average molecular weight is 670 g/mol. The van der Waals surface area contributed by atoms with Crippen molar-refractivity contribution in [1.29, 1.82) is 0 Å². The number of aliphatic hydroxyl groups is 1. The fourth-order valence-corrected chi connectivity index (χ4v) is 7.48. The molecule has 0 radical (unpaired) electrons. The van der Waals surface area contributed by atoms with Crippen LogP contribution in [0.2, 0.25) is 0 Å². The predicted molar refractivity (Wildman–Crippen MR) is 187 cm³/mol.